The van der Waals surface area contributed by atoms with E-state index in [4.69, 9.17) is 10.00 Å². The standard InChI is InChI=1S/C12H8BrN3O/c1-8-2-3-9(6-14)4-10(8)17-12-5-11(13)15-7-16-12/h2-5,7H,1H3. The van der Waals surface area contributed by atoms with Crippen LogP contribution < -0.4 is 4.74 Å². The average Bonchev–Trinajstić information content (AvgIpc) is 2.32. The van der Waals surface area contributed by atoms with Crippen molar-refractivity contribution < 1.29 is 4.74 Å². The minimum Gasteiger partial charge on any atom is -0.439 e. The topological polar surface area (TPSA) is 58.8 Å². The Kier molecular flexibility index (Phi) is 3.35. The zero-order valence-corrected chi connectivity index (χ0v) is 10.6. The first-order valence-electron chi connectivity index (χ1n) is 4.85. The van der Waals surface area contributed by atoms with Crippen molar-refractivity contribution in [1.82, 2.24) is 9.97 Å². The fraction of sp³-hybridized carbons (Fsp3) is 0.0833. The molecule has 0 aliphatic heterocycles. The lowest BCUT2D eigenvalue weighted by molar-refractivity contribution is 0.457. The van der Waals surface area contributed by atoms with Gasteiger partial charge in [0.25, 0.3) is 0 Å². The van der Waals surface area contributed by atoms with Crippen LogP contribution >= 0.6 is 15.9 Å². The van der Waals surface area contributed by atoms with Crippen molar-refractivity contribution in [3.05, 3.63) is 46.3 Å². The van der Waals surface area contributed by atoms with Crippen LogP contribution in [0.5, 0.6) is 11.6 Å². The third kappa shape index (κ3) is 2.80. The number of nitriles is 1. The maximum Gasteiger partial charge on any atom is 0.223 e. The number of rotatable bonds is 2. The van der Waals surface area contributed by atoms with Crippen LogP contribution in [0.3, 0.4) is 0 Å². The molecule has 0 atom stereocenters. The molecule has 84 valence electrons. The maximum atomic E-state index is 8.82. The highest BCUT2D eigenvalue weighted by atomic mass is 79.9. The van der Waals surface area contributed by atoms with Crippen LogP contribution in [0.1, 0.15) is 11.1 Å². The fourth-order valence-corrected chi connectivity index (χ4v) is 1.55. The van der Waals surface area contributed by atoms with E-state index < -0.39 is 0 Å². The number of benzene rings is 1. The number of nitrogens with zero attached hydrogens (tertiary/aromatic N) is 3. The Morgan fingerprint density at radius 2 is 2.12 bits per heavy atom. The van der Waals surface area contributed by atoms with Gasteiger partial charge in [0.1, 0.15) is 16.7 Å². The molecule has 4 nitrogen and oxygen atoms in total. The predicted octanol–water partition coefficient (Wildman–Crippen LogP) is 3.21. The SMILES string of the molecule is Cc1ccc(C#N)cc1Oc1cc(Br)ncn1. The molecule has 0 saturated heterocycles. The molecule has 1 aromatic carbocycles. The highest BCUT2D eigenvalue weighted by Gasteiger charge is 2.04. The molecule has 17 heavy (non-hydrogen) atoms. The van der Waals surface area contributed by atoms with Gasteiger partial charge in [0, 0.05) is 6.07 Å². The Bertz CT molecular complexity index is 593. The molecule has 0 N–H and O–H groups in total. The highest BCUT2D eigenvalue weighted by Crippen LogP contribution is 2.25. The molecule has 5 heteroatoms. The van der Waals surface area contributed by atoms with Gasteiger partial charge in [0.2, 0.25) is 5.88 Å². The van der Waals surface area contributed by atoms with E-state index in [0.29, 0.717) is 21.8 Å². The third-order valence-electron chi connectivity index (χ3n) is 2.14. The zero-order valence-electron chi connectivity index (χ0n) is 9.01. The van der Waals surface area contributed by atoms with Crippen LogP contribution in [-0.2, 0) is 0 Å². The normalized spacial score (nSPS) is 9.71. The number of ether oxygens (including phenoxy) is 1. The molecule has 0 aliphatic carbocycles. The predicted molar refractivity (Wildman–Crippen MR) is 65.7 cm³/mol. The van der Waals surface area contributed by atoms with E-state index >= 15 is 0 Å². The maximum absolute atomic E-state index is 8.82. The molecule has 0 aliphatic rings. The molecule has 0 saturated carbocycles. The Hall–Kier alpha value is -1.93. The van der Waals surface area contributed by atoms with Gasteiger partial charge in [-0.25, -0.2) is 9.97 Å². The van der Waals surface area contributed by atoms with Crippen LogP contribution in [0.25, 0.3) is 0 Å². The lowest BCUT2D eigenvalue weighted by Crippen LogP contribution is -1.92. The van der Waals surface area contributed by atoms with Crippen molar-refractivity contribution >= 4 is 15.9 Å². The lowest BCUT2D eigenvalue weighted by atomic mass is 10.1. The Balaban J connectivity index is 2.33. The van der Waals surface area contributed by atoms with Gasteiger partial charge in [0.05, 0.1) is 11.6 Å². The molecule has 1 heterocycles. The van der Waals surface area contributed by atoms with Crippen LogP contribution in [0.15, 0.2) is 35.2 Å². The van der Waals surface area contributed by atoms with Gasteiger partial charge in [-0.05, 0) is 40.5 Å². The molecule has 0 unspecified atom stereocenters. The summed E-state index contributed by atoms with van der Waals surface area (Å²) in [7, 11) is 0. The summed E-state index contributed by atoms with van der Waals surface area (Å²) in [6.45, 7) is 1.91. The van der Waals surface area contributed by atoms with E-state index in [2.05, 4.69) is 32.0 Å². The van der Waals surface area contributed by atoms with E-state index in [1.54, 1.807) is 18.2 Å². The molecule has 0 fully saturated rings. The highest BCUT2D eigenvalue weighted by molar-refractivity contribution is 9.10. The number of aromatic nitrogens is 2. The van der Waals surface area contributed by atoms with Gasteiger partial charge in [-0.3, -0.25) is 0 Å². The third-order valence-corrected chi connectivity index (χ3v) is 2.57. The molecule has 0 spiro atoms. The van der Waals surface area contributed by atoms with E-state index in [1.807, 2.05) is 13.0 Å². The quantitative estimate of drug-likeness (QED) is 0.797. The van der Waals surface area contributed by atoms with E-state index in [-0.39, 0.29) is 0 Å². The molecule has 2 rings (SSSR count). The smallest absolute Gasteiger partial charge is 0.223 e. The van der Waals surface area contributed by atoms with Crippen LogP contribution in [0.2, 0.25) is 0 Å². The first kappa shape index (κ1) is 11.6. The van der Waals surface area contributed by atoms with Crippen molar-refractivity contribution in [2.24, 2.45) is 0 Å². The minimum absolute atomic E-state index is 0.435. The summed E-state index contributed by atoms with van der Waals surface area (Å²) >= 11 is 3.24. The largest absolute Gasteiger partial charge is 0.439 e. The molecule has 0 bridgehead atoms. The summed E-state index contributed by atoms with van der Waals surface area (Å²) < 4.78 is 6.25. The van der Waals surface area contributed by atoms with Gasteiger partial charge in [-0.2, -0.15) is 5.26 Å². The number of aryl methyl sites for hydroxylation is 1. The monoisotopic (exact) mass is 289 g/mol. The summed E-state index contributed by atoms with van der Waals surface area (Å²) in [5.74, 6) is 1.06. The van der Waals surface area contributed by atoms with Crippen molar-refractivity contribution in [1.29, 1.82) is 5.26 Å². The fourth-order valence-electron chi connectivity index (χ4n) is 1.27. The van der Waals surface area contributed by atoms with Gasteiger partial charge < -0.3 is 4.74 Å². The first-order chi connectivity index (χ1) is 8.19. The molecular formula is C12H8BrN3O. The second-order valence-corrected chi connectivity index (χ2v) is 4.19. The van der Waals surface area contributed by atoms with Crippen molar-refractivity contribution in [2.45, 2.75) is 6.92 Å². The van der Waals surface area contributed by atoms with Gasteiger partial charge in [-0.1, -0.05) is 6.07 Å². The van der Waals surface area contributed by atoms with Crippen LogP contribution in [0.4, 0.5) is 0 Å². The van der Waals surface area contributed by atoms with Gasteiger partial charge in [-0.15, -0.1) is 0 Å². The molecule has 1 aromatic heterocycles. The molecule has 0 radical (unpaired) electrons. The first-order valence-corrected chi connectivity index (χ1v) is 5.64. The van der Waals surface area contributed by atoms with Crippen molar-refractivity contribution in [3.63, 3.8) is 0 Å². The molecular weight excluding hydrogens is 282 g/mol. The van der Waals surface area contributed by atoms with Crippen molar-refractivity contribution in [3.8, 4) is 17.7 Å². The number of halogens is 1. The van der Waals surface area contributed by atoms with E-state index in [1.165, 1.54) is 6.33 Å². The second-order valence-electron chi connectivity index (χ2n) is 3.37. The van der Waals surface area contributed by atoms with Crippen LogP contribution in [-0.4, -0.2) is 9.97 Å². The van der Waals surface area contributed by atoms with Crippen LogP contribution in [0, 0.1) is 18.3 Å². The van der Waals surface area contributed by atoms with E-state index in [0.717, 1.165) is 5.56 Å². The summed E-state index contributed by atoms with van der Waals surface area (Å²) in [6, 6.07) is 9.01. The zero-order chi connectivity index (χ0) is 12.3. The number of hydrogen-bond acceptors (Lipinski definition) is 4. The summed E-state index contributed by atoms with van der Waals surface area (Å²) in [4.78, 5) is 7.90. The Labute approximate surface area is 107 Å². The second kappa shape index (κ2) is 4.93. The van der Waals surface area contributed by atoms with E-state index in [9.17, 15) is 0 Å². The number of hydrogen-bond donors (Lipinski definition) is 0. The van der Waals surface area contributed by atoms with Crippen molar-refractivity contribution in [2.75, 3.05) is 0 Å². The van der Waals surface area contributed by atoms with Gasteiger partial charge in [0.15, 0.2) is 0 Å². The lowest BCUT2D eigenvalue weighted by Gasteiger charge is -2.07. The Morgan fingerprint density at radius 3 is 2.82 bits per heavy atom. The summed E-state index contributed by atoms with van der Waals surface area (Å²) in [5.41, 5.74) is 1.50. The summed E-state index contributed by atoms with van der Waals surface area (Å²) in [5, 5.41) is 8.82. The van der Waals surface area contributed by atoms with Gasteiger partial charge >= 0.3 is 0 Å². The average molecular weight is 290 g/mol. The molecule has 0 amide bonds. The molecule has 2 aromatic rings. The summed E-state index contributed by atoms with van der Waals surface area (Å²) in [6.07, 6.45) is 1.41. The minimum atomic E-state index is 0.435. The Morgan fingerprint density at radius 1 is 1.29 bits per heavy atom.